The van der Waals surface area contributed by atoms with Crippen LogP contribution in [0.2, 0.25) is 0 Å². The van der Waals surface area contributed by atoms with E-state index in [1.54, 1.807) is 5.57 Å². The van der Waals surface area contributed by atoms with Gasteiger partial charge < -0.3 is 4.99 Å². The fourth-order valence-corrected chi connectivity index (χ4v) is 1.98. The summed E-state index contributed by atoms with van der Waals surface area (Å²) in [6, 6.07) is 0. The van der Waals surface area contributed by atoms with E-state index in [9.17, 15) is 0 Å². The van der Waals surface area contributed by atoms with Gasteiger partial charge in [-0.05, 0) is 18.8 Å². The first-order valence-electron chi connectivity index (χ1n) is 5.54. The first kappa shape index (κ1) is 13.4. The highest BCUT2D eigenvalue weighted by atomic mass is 14.6. The molecule has 0 rings (SSSR count). The zero-order valence-electron chi connectivity index (χ0n) is 10.8. The average molecular weight is 195 g/mol. The number of rotatable bonds is 4. The quantitative estimate of drug-likeness (QED) is 0.476. The summed E-state index contributed by atoms with van der Waals surface area (Å²) in [7, 11) is 1.85. The Bertz CT molecular complexity index is 221. The summed E-state index contributed by atoms with van der Waals surface area (Å²) < 4.78 is 0. The van der Waals surface area contributed by atoms with Gasteiger partial charge in [-0.3, -0.25) is 0 Å². The Morgan fingerprint density at radius 1 is 1.00 bits per heavy atom. The molecule has 0 saturated carbocycles. The molecule has 14 heavy (non-hydrogen) atoms. The van der Waals surface area contributed by atoms with Gasteiger partial charge in [-0.2, -0.15) is 0 Å². The van der Waals surface area contributed by atoms with E-state index in [2.05, 4.69) is 46.5 Å². The highest BCUT2D eigenvalue weighted by Crippen LogP contribution is 2.26. The Morgan fingerprint density at radius 3 is 1.79 bits per heavy atom. The maximum Gasteiger partial charge on any atom is 0.0273 e. The third-order valence-corrected chi connectivity index (χ3v) is 2.81. The molecule has 0 fully saturated rings. The van der Waals surface area contributed by atoms with Crippen LogP contribution in [-0.2, 0) is 0 Å². The molecule has 1 unspecified atom stereocenters. The lowest BCUT2D eigenvalue weighted by Crippen LogP contribution is -2.12. The zero-order chi connectivity index (χ0) is 11.3. The van der Waals surface area contributed by atoms with E-state index in [0.29, 0.717) is 17.8 Å². The van der Waals surface area contributed by atoms with Gasteiger partial charge in [0.15, 0.2) is 0 Å². The van der Waals surface area contributed by atoms with Gasteiger partial charge in [0, 0.05) is 19.2 Å². The summed E-state index contributed by atoms with van der Waals surface area (Å²) in [5.74, 6) is 1.73. The number of allylic oxidation sites excluding steroid dienone is 2. The van der Waals surface area contributed by atoms with E-state index in [1.165, 1.54) is 5.57 Å². The number of aliphatic imine (C=N–C) groups is 1. The van der Waals surface area contributed by atoms with E-state index in [4.69, 9.17) is 0 Å². The maximum atomic E-state index is 4.12. The van der Waals surface area contributed by atoms with Crippen molar-refractivity contribution in [1.82, 2.24) is 0 Å². The normalized spacial score (nSPS) is 16.6. The van der Waals surface area contributed by atoms with Crippen molar-refractivity contribution in [2.24, 2.45) is 22.7 Å². The SMILES string of the molecule is C/N=C\C(C)/C(=C(\C)C(C)C)C(C)C. The fourth-order valence-electron chi connectivity index (χ4n) is 1.98. The summed E-state index contributed by atoms with van der Waals surface area (Å²) >= 11 is 0. The molecule has 0 aromatic heterocycles. The molecular weight excluding hydrogens is 170 g/mol. The van der Waals surface area contributed by atoms with Crippen molar-refractivity contribution in [2.45, 2.75) is 41.5 Å². The number of hydrogen-bond donors (Lipinski definition) is 0. The molecule has 0 heterocycles. The first-order chi connectivity index (χ1) is 6.41. The van der Waals surface area contributed by atoms with Crippen LogP contribution in [0.5, 0.6) is 0 Å². The van der Waals surface area contributed by atoms with Gasteiger partial charge >= 0.3 is 0 Å². The van der Waals surface area contributed by atoms with Crippen molar-refractivity contribution in [3.63, 3.8) is 0 Å². The molecule has 0 radical (unpaired) electrons. The summed E-state index contributed by atoms with van der Waals surface area (Å²) in [5, 5.41) is 0. The van der Waals surface area contributed by atoms with Crippen LogP contribution in [0.1, 0.15) is 41.5 Å². The van der Waals surface area contributed by atoms with Crippen molar-refractivity contribution in [1.29, 1.82) is 0 Å². The van der Waals surface area contributed by atoms with Crippen LogP contribution in [0.25, 0.3) is 0 Å². The first-order valence-corrected chi connectivity index (χ1v) is 5.54. The van der Waals surface area contributed by atoms with Crippen molar-refractivity contribution in [3.8, 4) is 0 Å². The van der Waals surface area contributed by atoms with Crippen LogP contribution >= 0.6 is 0 Å². The molecule has 0 aliphatic carbocycles. The van der Waals surface area contributed by atoms with Crippen LogP contribution in [0.4, 0.5) is 0 Å². The molecule has 1 heteroatoms. The third-order valence-electron chi connectivity index (χ3n) is 2.81. The molecule has 1 nitrogen and oxygen atoms in total. The second-order valence-corrected chi connectivity index (χ2v) is 4.64. The minimum Gasteiger partial charge on any atom is -0.300 e. The van der Waals surface area contributed by atoms with E-state index in [1.807, 2.05) is 13.3 Å². The van der Waals surface area contributed by atoms with Crippen molar-refractivity contribution < 1.29 is 0 Å². The summed E-state index contributed by atoms with van der Waals surface area (Å²) in [6.45, 7) is 13.5. The van der Waals surface area contributed by atoms with Crippen molar-refractivity contribution >= 4 is 6.21 Å². The standard InChI is InChI=1S/C13H25N/c1-9(2)12(6)13(10(3)4)11(5)8-14-7/h8-11H,1-7H3/b13-12+,14-8-. The minimum atomic E-state index is 0.474. The molecule has 0 aliphatic heterocycles. The van der Waals surface area contributed by atoms with Gasteiger partial charge in [-0.1, -0.05) is 45.8 Å². The van der Waals surface area contributed by atoms with E-state index in [-0.39, 0.29) is 0 Å². The molecule has 0 amide bonds. The summed E-state index contributed by atoms with van der Waals surface area (Å²) in [4.78, 5) is 4.12. The van der Waals surface area contributed by atoms with Gasteiger partial charge in [0.1, 0.15) is 0 Å². The second kappa shape index (κ2) is 6.00. The second-order valence-electron chi connectivity index (χ2n) is 4.64. The molecule has 82 valence electrons. The van der Waals surface area contributed by atoms with Crippen LogP contribution in [-0.4, -0.2) is 13.3 Å². The molecular formula is C13H25N. The predicted molar refractivity (Wildman–Crippen MR) is 66.0 cm³/mol. The van der Waals surface area contributed by atoms with Crippen molar-refractivity contribution in [2.75, 3.05) is 7.05 Å². The van der Waals surface area contributed by atoms with Gasteiger partial charge in [-0.15, -0.1) is 0 Å². The molecule has 0 bridgehead atoms. The highest BCUT2D eigenvalue weighted by Gasteiger charge is 2.15. The zero-order valence-corrected chi connectivity index (χ0v) is 10.8. The van der Waals surface area contributed by atoms with Crippen LogP contribution < -0.4 is 0 Å². The molecule has 0 aliphatic rings. The Labute approximate surface area is 89.3 Å². The van der Waals surface area contributed by atoms with Gasteiger partial charge in [0.2, 0.25) is 0 Å². The Morgan fingerprint density at radius 2 is 1.50 bits per heavy atom. The molecule has 0 spiro atoms. The van der Waals surface area contributed by atoms with E-state index in [0.717, 1.165) is 0 Å². The molecule has 0 saturated heterocycles. The van der Waals surface area contributed by atoms with Crippen LogP contribution in [0.3, 0.4) is 0 Å². The largest absolute Gasteiger partial charge is 0.300 e. The maximum absolute atomic E-state index is 4.12. The summed E-state index contributed by atoms with van der Waals surface area (Å²) in [5.41, 5.74) is 3.07. The lowest BCUT2D eigenvalue weighted by molar-refractivity contribution is 0.636. The van der Waals surface area contributed by atoms with E-state index < -0.39 is 0 Å². The average Bonchev–Trinajstić information content (AvgIpc) is 2.03. The van der Waals surface area contributed by atoms with Gasteiger partial charge in [0.05, 0.1) is 0 Å². The highest BCUT2D eigenvalue weighted by molar-refractivity contribution is 5.65. The van der Waals surface area contributed by atoms with Gasteiger partial charge in [0.25, 0.3) is 0 Å². The molecule has 0 aromatic rings. The lowest BCUT2D eigenvalue weighted by atomic mass is 9.84. The third kappa shape index (κ3) is 3.65. The number of hydrogen-bond acceptors (Lipinski definition) is 1. The van der Waals surface area contributed by atoms with Crippen molar-refractivity contribution in [3.05, 3.63) is 11.1 Å². The summed E-state index contributed by atoms with van der Waals surface area (Å²) in [6.07, 6.45) is 2.04. The number of nitrogens with zero attached hydrogens (tertiary/aromatic N) is 1. The molecule has 0 N–H and O–H groups in total. The Kier molecular flexibility index (Phi) is 5.75. The fraction of sp³-hybridized carbons (Fsp3) is 0.769. The predicted octanol–water partition coefficient (Wildman–Crippen LogP) is 3.95. The smallest absolute Gasteiger partial charge is 0.0273 e. The Balaban J connectivity index is 5.03. The molecule has 0 aromatic carbocycles. The van der Waals surface area contributed by atoms with Gasteiger partial charge in [-0.25, -0.2) is 0 Å². The topological polar surface area (TPSA) is 12.4 Å². The Hall–Kier alpha value is -0.590. The van der Waals surface area contributed by atoms with Crippen LogP contribution in [0.15, 0.2) is 16.1 Å². The molecule has 1 atom stereocenters. The lowest BCUT2D eigenvalue weighted by Gasteiger charge is -2.22. The minimum absolute atomic E-state index is 0.474. The monoisotopic (exact) mass is 195 g/mol. The van der Waals surface area contributed by atoms with E-state index >= 15 is 0 Å². The van der Waals surface area contributed by atoms with Crippen LogP contribution in [0, 0.1) is 17.8 Å².